The molecule has 0 aromatic heterocycles. The Labute approximate surface area is 129 Å². The maximum absolute atomic E-state index is 13.8. The van der Waals surface area contributed by atoms with Crippen LogP contribution in [0.3, 0.4) is 0 Å². The number of hydrogen-bond donors (Lipinski definition) is 1. The van der Waals surface area contributed by atoms with Gasteiger partial charge in [0.15, 0.2) is 5.17 Å². The molecule has 0 amide bonds. The summed E-state index contributed by atoms with van der Waals surface area (Å²) >= 11 is 4.86. The first-order valence-electron chi connectivity index (χ1n) is 6.20. The van der Waals surface area contributed by atoms with Crippen LogP contribution in [0.5, 0.6) is 0 Å². The normalized spacial score (nSPS) is 17.9. The Hall–Kier alpha value is -1.33. The van der Waals surface area contributed by atoms with Crippen LogP contribution in [0, 0.1) is 5.82 Å². The number of thioether (sulfide) groups is 1. The first-order chi connectivity index (χ1) is 9.72. The van der Waals surface area contributed by atoms with Gasteiger partial charge in [-0.3, -0.25) is 4.99 Å². The zero-order valence-electron chi connectivity index (χ0n) is 10.5. The van der Waals surface area contributed by atoms with E-state index in [2.05, 4.69) is 38.4 Å². The van der Waals surface area contributed by atoms with Gasteiger partial charge in [0.1, 0.15) is 5.82 Å². The highest BCUT2D eigenvalue weighted by Gasteiger charge is 2.20. The van der Waals surface area contributed by atoms with E-state index in [1.165, 1.54) is 11.6 Å². The third kappa shape index (κ3) is 3.04. The van der Waals surface area contributed by atoms with Crippen molar-refractivity contribution in [1.29, 1.82) is 0 Å². The van der Waals surface area contributed by atoms with Crippen LogP contribution in [-0.4, -0.2) is 10.9 Å². The van der Waals surface area contributed by atoms with Crippen LogP contribution in [0.4, 0.5) is 10.1 Å². The van der Waals surface area contributed by atoms with Gasteiger partial charge in [0, 0.05) is 10.2 Å². The first kappa shape index (κ1) is 13.6. The lowest BCUT2D eigenvalue weighted by Gasteiger charge is -2.06. The van der Waals surface area contributed by atoms with E-state index in [4.69, 9.17) is 0 Å². The lowest BCUT2D eigenvalue weighted by Crippen LogP contribution is -2.06. The molecule has 1 N–H and O–H groups in total. The van der Waals surface area contributed by atoms with Gasteiger partial charge >= 0.3 is 0 Å². The number of benzene rings is 2. The first-order valence-corrected chi connectivity index (χ1v) is 7.98. The van der Waals surface area contributed by atoms with E-state index in [9.17, 15) is 4.39 Å². The zero-order valence-corrected chi connectivity index (χ0v) is 12.9. The lowest BCUT2D eigenvalue weighted by molar-refractivity contribution is 0.631. The van der Waals surface area contributed by atoms with Gasteiger partial charge in [-0.2, -0.15) is 0 Å². The lowest BCUT2D eigenvalue weighted by atomic mass is 10.1. The van der Waals surface area contributed by atoms with Crippen molar-refractivity contribution in [2.45, 2.75) is 6.04 Å². The maximum Gasteiger partial charge on any atom is 0.161 e. The van der Waals surface area contributed by atoms with Crippen LogP contribution < -0.4 is 5.32 Å². The molecular formula is C15H12BrFN2S. The standard InChI is InChI=1S/C15H12BrFN2S/c16-11-6-7-13(12(17)8-11)18-15-19-14(9-20-15)10-4-2-1-3-5-10/h1-8,14H,9H2,(H,18,19). The second-order valence-corrected chi connectivity index (χ2v) is 6.35. The van der Waals surface area contributed by atoms with E-state index < -0.39 is 0 Å². The Kier molecular flexibility index (Phi) is 4.08. The van der Waals surface area contributed by atoms with E-state index in [0.717, 1.165) is 15.4 Å². The fourth-order valence-electron chi connectivity index (χ4n) is 1.99. The van der Waals surface area contributed by atoms with Gasteiger partial charge in [-0.25, -0.2) is 4.39 Å². The molecule has 1 aliphatic rings. The van der Waals surface area contributed by atoms with Gasteiger partial charge in [-0.05, 0) is 23.8 Å². The molecule has 1 unspecified atom stereocenters. The molecule has 0 spiro atoms. The van der Waals surface area contributed by atoms with Gasteiger partial charge in [0.05, 0.1) is 11.7 Å². The maximum atomic E-state index is 13.8. The summed E-state index contributed by atoms with van der Waals surface area (Å²) in [6, 6.07) is 15.2. The average Bonchev–Trinajstić information content (AvgIpc) is 2.92. The fourth-order valence-corrected chi connectivity index (χ4v) is 3.29. The van der Waals surface area contributed by atoms with E-state index in [1.54, 1.807) is 23.9 Å². The Balaban J connectivity index is 1.76. The molecule has 3 rings (SSSR count). The molecule has 1 atom stereocenters. The van der Waals surface area contributed by atoms with E-state index in [0.29, 0.717) is 5.69 Å². The molecule has 0 saturated heterocycles. The van der Waals surface area contributed by atoms with Gasteiger partial charge in [-0.15, -0.1) is 0 Å². The summed E-state index contributed by atoms with van der Waals surface area (Å²) in [5.74, 6) is 0.593. The van der Waals surface area contributed by atoms with Gasteiger partial charge in [-0.1, -0.05) is 58.0 Å². The van der Waals surface area contributed by atoms with Crippen LogP contribution in [0.25, 0.3) is 0 Å². The molecular weight excluding hydrogens is 339 g/mol. The Morgan fingerprint density at radius 2 is 2.00 bits per heavy atom. The zero-order chi connectivity index (χ0) is 13.9. The molecule has 20 heavy (non-hydrogen) atoms. The van der Waals surface area contributed by atoms with Crippen LogP contribution in [-0.2, 0) is 0 Å². The van der Waals surface area contributed by atoms with Crippen LogP contribution in [0.2, 0.25) is 0 Å². The highest BCUT2D eigenvalue weighted by atomic mass is 79.9. The number of nitrogens with one attached hydrogen (secondary N) is 1. The number of nitrogens with zero attached hydrogens (tertiary/aromatic N) is 1. The van der Waals surface area contributed by atoms with E-state index >= 15 is 0 Å². The second kappa shape index (κ2) is 5.97. The summed E-state index contributed by atoms with van der Waals surface area (Å²) in [6.07, 6.45) is 0. The average molecular weight is 351 g/mol. The highest BCUT2D eigenvalue weighted by Crippen LogP contribution is 2.31. The molecule has 0 saturated carbocycles. The third-order valence-electron chi connectivity index (χ3n) is 3.01. The quantitative estimate of drug-likeness (QED) is 0.837. The van der Waals surface area contributed by atoms with Crippen LogP contribution >= 0.6 is 27.7 Å². The molecule has 1 aliphatic heterocycles. The summed E-state index contributed by atoms with van der Waals surface area (Å²) in [5.41, 5.74) is 1.64. The van der Waals surface area contributed by atoms with Gasteiger partial charge in [0.2, 0.25) is 0 Å². The van der Waals surface area contributed by atoms with Crippen molar-refractivity contribution in [3.05, 3.63) is 64.4 Å². The van der Waals surface area contributed by atoms with Gasteiger partial charge < -0.3 is 5.32 Å². The SMILES string of the molecule is Fc1cc(Br)ccc1NC1=NC(c2ccccc2)CS1. The number of amidine groups is 1. The number of rotatable bonds is 2. The minimum absolute atomic E-state index is 0.141. The molecule has 1 heterocycles. The summed E-state index contributed by atoms with van der Waals surface area (Å²) in [6.45, 7) is 0. The van der Waals surface area contributed by atoms with Crippen LogP contribution in [0.15, 0.2) is 58.0 Å². The molecule has 0 bridgehead atoms. The van der Waals surface area contributed by atoms with Crippen molar-refractivity contribution < 1.29 is 4.39 Å². The summed E-state index contributed by atoms with van der Waals surface area (Å²) in [4.78, 5) is 4.61. The molecule has 102 valence electrons. The van der Waals surface area contributed by atoms with E-state index in [1.807, 2.05) is 18.2 Å². The monoisotopic (exact) mass is 350 g/mol. The second-order valence-electron chi connectivity index (χ2n) is 4.42. The topological polar surface area (TPSA) is 24.4 Å². The van der Waals surface area contributed by atoms with Crippen molar-refractivity contribution in [3.63, 3.8) is 0 Å². The summed E-state index contributed by atoms with van der Waals surface area (Å²) in [7, 11) is 0. The molecule has 2 nitrogen and oxygen atoms in total. The largest absolute Gasteiger partial charge is 0.333 e. The van der Waals surface area contributed by atoms with Crippen LogP contribution in [0.1, 0.15) is 11.6 Å². The van der Waals surface area contributed by atoms with Crippen molar-refractivity contribution in [1.82, 2.24) is 0 Å². The number of halogens is 2. The van der Waals surface area contributed by atoms with Crippen molar-refractivity contribution in [2.75, 3.05) is 11.1 Å². The Morgan fingerprint density at radius 1 is 1.20 bits per heavy atom. The number of anilines is 1. The minimum atomic E-state index is -0.286. The van der Waals surface area contributed by atoms with Crippen molar-refractivity contribution >= 4 is 38.5 Å². The van der Waals surface area contributed by atoms with Gasteiger partial charge in [0.25, 0.3) is 0 Å². The minimum Gasteiger partial charge on any atom is -0.333 e. The highest BCUT2D eigenvalue weighted by molar-refractivity contribution is 9.10. The third-order valence-corrected chi connectivity index (χ3v) is 4.46. The predicted octanol–water partition coefficient (Wildman–Crippen LogP) is 4.84. The van der Waals surface area contributed by atoms with Crippen molar-refractivity contribution in [2.24, 2.45) is 4.99 Å². The molecule has 5 heteroatoms. The molecule has 0 aliphatic carbocycles. The Bertz CT molecular complexity index is 646. The smallest absolute Gasteiger partial charge is 0.161 e. The molecule has 2 aromatic rings. The fraction of sp³-hybridized carbons (Fsp3) is 0.133. The number of hydrogen-bond acceptors (Lipinski definition) is 3. The summed E-state index contributed by atoms with van der Waals surface area (Å²) < 4.78 is 14.5. The molecule has 2 aromatic carbocycles. The van der Waals surface area contributed by atoms with Crippen molar-refractivity contribution in [3.8, 4) is 0 Å². The Morgan fingerprint density at radius 3 is 2.75 bits per heavy atom. The number of aliphatic imine (C=N–C) groups is 1. The summed E-state index contributed by atoms with van der Waals surface area (Å²) in [5, 5.41) is 3.82. The van der Waals surface area contributed by atoms with E-state index in [-0.39, 0.29) is 11.9 Å². The predicted molar refractivity (Wildman–Crippen MR) is 86.8 cm³/mol. The molecule has 0 radical (unpaired) electrons. The molecule has 0 fully saturated rings.